The summed E-state index contributed by atoms with van der Waals surface area (Å²) in [7, 11) is 0. The zero-order chi connectivity index (χ0) is 20.6. The van der Waals surface area contributed by atoms with Crippen molar-refractivity contribution < 1.29 is 9.53 Å². The molecular formula is C23H28N4O2. The van der Waals surface area contributed by atoms with Crippen molar-refractivity contribution in [3.05, 3.63) is 59.5 Å². The van der Waals surface area contributed by atoms with Gasteiger partial charge in [0.15, 0.2) is 12.3 Å². The molecule has 1 amide bonds. The predicted octanol–water partition coefficient (Wildman–Crippen LogP) is 4.08. The second-order valence-corrected chi connectivity index (χ2v) is 8.73. The topological polar surface area (TPSA) is 59.7 Å². The Hall–Kier alpha value is -2.89. The molecule has 1 aliphatic heterocycles. The van der Waals surface area contributed by atoms with Gasteiger partial charge in [-0.3, -0.25) is 4.79 Å². The van der Waals surface area contributed by atoms with E-state index in [0.29, 0.717) is 0 Å². The molecule has 1 aliphatic rings. The van der Waals surface area contributed by atoms with E-state index >= 15 is 0 Å². The van der Waals surface area contributed by atoms with E-state index in [-0.39, 0.29) is 24.0 Å². The van der Waals surface area contributed by atoms with Crippen LogP contribution in [0.2, 0.25) is 0 Å². The second-order valence-electron chi connectivity index (χ2n) is 8.73. The molecule has 0 spiro atoms. The summed E-state index contributed by atoms with van der Waals surface area (Å²) in [5.41, 5.74) is 4.07. The minimum atomic E-state index is -0.000772. The molecule has 2 aromatic heterocycles. The van der Waals surface area contributed by atoms with Gasteiger partial charge in [0, 0.05) is 18.8 Å². The van der Waals surface area contributed by atoms with E-state index in [1.54, 1.807) is 6.20 Å². The molecule has 3 heterocycles. The summed E-state index contributed by atoms with van der Waals surface area (Å²) in [5.74, 6) is 0.720. The van der Waals surface area contributed by atoms with Gasteiger partial charge in [0.1, 0.15) is 5.75 Å². The fraction of sp³-hybridized carbons (Fsp3) is 0.435. The van der Waals surface area contributed by atoms with Crippen molar-refractivity contribution in [1.29, 1.82) is 0 Å². The number of benzene rings is 1. The van der Waals surface area contributed by atoms with Gasteiger partial charge in [-0.2, -0.15) is 5.10 Å². The Morgan fingerprint density at radius 3 is 2.69 bits per heavy atom. The van der Waals surface area contributed by atoms with Crippen molar-refractivity contribution in [3.63, 3.8) is 0 Å². The van der Waals surface area contributed by atoms with E-state index in [4.69, 9.17) is 4.74 Å². The zero-order valence-electron chi connectivity index (χ0n) is 17.6. The zero-order valence-corrected chi connectivity index (χ0v) is 17.6. The third-order valence-electron chi connectivity index (χ3n) is 5.51. The highest BCUT2D eigenvalue weighted by Crippen LogP contribution is 2.32. The summed E-state index contributed by atoms with van der Waals surface area (Å²) >= 11 is 0. The number of fused-ring (bicyclic) bond motifs is 1. The van der Waals surface area contributed by atoms with Crippen molar-refractivity contribution in [2.45, 2.75) is 52.0 Å². The Morgan fingerprint density at radius 1 is 1.21 bits per heavy atom. The summed E-state index contributed by atoms with van der Waals surface area (Å²) in [6.07, 6.45) is 3.69. The smallest absolute Gasteiger partial charge is 0.261 e. The van der Waals surface area contributed by atoms with Crippen LogP contribution in [-0.2, 0) is 10.2 Å². The highest BCUT2D eigenvalue weighted by molar-refractivity contribution is 5.78. The lowest BCUT2D eigenvalue weighted by molar-refractivity contribution is -0.134. The number of carbonyl (C=O) groups is 1. The first-order valence-electron chi connectivity index (χ1n) is 10.2. The number of amides is 1. The van der Waals surface area contributed by atoms with Crippen LogP contribution < -0.4 is 4.74 Å². The number of ether oxygens (including phenoxy) is 1. The van der Waals surface area contributed by atoms with Gasteiger partial charge in [-0.1, -0.05) is 32.9 Å². The van der Waals surface area contributed by atoms with Crippen LogP contribution in [0, 0.1) is 6.92 Å². The number of hydrogen-bond donors (Lipinski definition) is 0. The Kier molecular flexibility index (Phi) is 5.03. The fourth-order valence-electron chi connectivity index (χ4n) is 3.93. The molecule has 0 saturated carbocycles. The van der Waals surface area contributed by atoms with E-state index in [2.05, 4.69) is 43.0 Å². The Balaban J connectivity index is 1.47. The second kappa shape index (κ2) is 7.50. The molecule has 0 radical (unpaired) electrons. The SMILES string of the molecule is Cc1cc2nccc(C3CCCN3C(=O)COc3ccc(C(C)(C)C)cc3)n2n1. The van der Waals surface area contributed by atoms with E-state index in [1.165, 1.54) is 5.56 Å². The summed E-state index contributed by atoms with van der Waals surface area (Å²) < 4.78 is 7.66. The summed E-state index contributed by atoms with van der Waals surface area (Å²) in [6.45, 7) is 9.26. The molecule has 6 heteroatoms. The molecule has 1 unspecified atom stereocenters. The minimum absolute atomic E-state index is 0.000772. The number of nitrogens with zero attached hydrogens (tertiary/aromatic N) is 4. The van der Waals surface area contributed by atoms with Gasteiger partial charge in [0.2, 0.25) is 0 Å². The predicted molar refractivity (Wildman–Crippen MR) is 112 cm³/mol. The number of aryl methyl sites for hydroxylation is 1. The maximum absolute atomic E-state index is 12.9. The van der Waals surface area contributed by atoms with Crippen LogP contribution >= 0.6 is 0 Å². The molecule has 29 heavy (non-hydrogen) atoms. The number of aromatic nitrogens is 3. The number of hydrogen-bond acceptors (Lipinski definition) is 4. The fourth-order valence-corrected chi connectivity index (χ4v) is 3.93. The Bertz CT molecular complexity index is 1020. The number of rotatable bonds is 4. The molecule has 0 bridgehead atoms. The molecule has 1 saturated heterocycles. The third kappa shape index (κ3) is 3.97. The lowest BCUT2D eigenvalue weighted by Gasteiger charge is -2.25. The third-order valence-corrected chi connectivity index (χ3v) is 5.51. The van der Waals surface area contributed by atoms with Gasteiger partial charge in [0.25, 0.3) is 5.91 Å². The molecule has 1 aromatic carbocycles. The van der Waals surface area contributed by atoms with E-state index < -0.39 is 0 Å². The van der Waals surface area contributed by atoms with Gasteiger partial charge >= 0.3 is 0 Å². The average molecular weight is 393 g/mol. The number of carbonyl (C=O) groups excluding carboxylic acids is 1. The van der Waals surface area contributed by atoms with E-state index in [1.807, 2.05) is 40.6 Å². The lowest BCUT2D eigenvalue weighted by atomic mass is 9.87. The monoisotopic (exact) mass is 392 g/mol. The molecule has 6 nitrogen and oxygen atoms in total. The van der Waals surface area contributed by atoms with Crippen molar-refractivity contribution in [3.8, 4) is 5.75 Å². The Morgan fingerprint density at radius 2 is 1.97 bits per heavy atom. The largest absolute Gasteiger partial charge is 0.484 e. The van der Waals surface area contributed by atoms with E-state index in [0.717, 1.165) is 42.2 Å². The minimum Gasteiger partial charge on any atom is -0.484 e. The van der Waals surface area contributed by atoms with Crippen LogP contribution in [0.4, 0.5) is 0 Å². The molecule has 1 atom stereocenters. The highest BCUT2D eigenvalue weighted by atomic mass is 16.5. The molecule has 3 aromatic rings. The van der Waals surface area contributed by atoms with Gasteiger partial charge in [0.05, 0.1) is 17.4 Å². The highest BCUT2D eigenvalue weighted by Gasteiger charge is 2.32. The van der Waals surface area contributed by atoms with Crippen LogP contribution in [0.3, 0.4) is 0 Å². The molecular weight excluding hydrogens is 364 g/mol. The van der Waals surface area contributed by atoms with Crippen LogP contribution in [-0.4, -0.2) is 38.6 Å². The lowest BCUT2D eigenvalue weighted by Crippen LogP contribution is -2.35. The normalized spacial score (nSPS) is 17.1. The van der Waals surface area contributed by atoms with Gasteiger partial charge in [-0.05, 0) is 48.9 Å². The molecule has 0 aliphatic carbocycles. The van der Waals surface area contributed by atoms with Gasteiger partial charge < -0.3 is 9.64 Å². The van der Waals surface area contributed by atoms with Crippen molar-refractivity contribution >= 4 is 11.6 Å². The summed E-state index contributed by atoms with van der Waals surface area (Å²) in [5, 5.41) is 4.56. The van der Waals surface area contributed by atoms with Crippen molar-refractivity contribution in [2.75, 3.05) is 13.2 Å². The first-order chi connectivity index (χ1) is 13.8. The first kappa shape index (κ1) is 19.4. The Labute approximate surface area is 171 Å². The maximum Gasteiger partial charge on any atom is 0.261 e. The van der Waals surface area contributed by atoms with Crippen molar-refractivity contribution in [2.24, 2.45) is 0 Å². The quantitative estimate of drug-likeness (QED) is 0.671. The average Bonchev–Trinajstić information content (AvgIpc) is 3.31. The van der Waals surface area contributed by atoms with Gasteiger partial charge in [-0.25, -0.2) is 9.50 Å². The van der Waals surface area contributed by atoms with Crippen LogP contribution in [0.15, 0.2) is 42.6 Å². The standard InChI is InChI=1S/C23H28N4O2/c1-16-14-21-24-12-11-20(27(21)25-16)19-6-5-13-26(19)22(28)15-29-18-9-7-17(8-10-18)23(2,3)4/h7-12,14,19H,5-6,13,15H2,1-4H3. The van der Waals surface area contributed by atoms with Crippen LogP contribution in [0.1, 0.15) is 56.6 Å². The molecule has 0 N–H and O–H groups in total. The molecule has 1 fully saturated rings. The summed E-state index contributed by atoms with van der Waals surface area (Å²) in [6, 6.07) is 11.9. The number of likely N-dealkylation sites (tertiary alicyclic amines) is 1. The molecule has 152 valence electrons. The van der Waals surface area contributed by atoms with Gasteiger partial charge in [-0.15, -0.1) is 0 Å². The van der Waals surface area contributed by atoms with E-state index in [9.17, 15) is 4.79 Å². The molecule has 4 rings (SSSR count). The van der Waals surface area contributed by atoms with Crippen LogP contribution in [0.25, 0.3) is 5.65 Å². The first-order valence-corrected chi connectivity index (χ1v) is 10.2. The van der Waals surface area contributed by atoms with Crippen molar-refractivity contribution in [1.82, 2.24) is 19.5 Å². The van der Waals surface area contributed by atoms with Crippen LogP contribution in [0.5, 0.6) is 5.75 Å². The summed E-state index contributed by atoms with van der Waals surface area (Å²) in [4.78, 5) is 19.2. The maximum atomic E-state index is 12.9.